The van der Waals surface area contributed by atoms with E-state index in [-0.39, 0.29) is 5.97 Å². The van der Waals surface area contributed by atoms with Crippen LogP contribution in [0, 0.1) is 0 Å². The summed E-state index contributed by atoms with van der Waals surface area (Å²) in [6.45, 7) is 5.96. The Morgan fingerprint density at radius 3 is 2.69 bits per heavy atom. The number of nitrogens with zero attached hydrogens (tertiary/aromatic N) is 1. The molecule has 0 aliphatic heterocycles. The Labute approximate surface area is 80.4 Å². The van der Waals surface area contributed by atoms with Crippen LogP contribution in [-0.4, -0.2) is 37.6 Å². The van der Waals surface area contributed by atoms with Gasteiger partial charge in [-0.2, -0.15) is 0 Å². The topological polar surface area (TPSA) is 29.5 Å². The Morgan fingerprint density at radius 1 is 1.62 bits per heavy atom. The van der Waals surface area contributed by atoms with Crippen molar-refractivity contribution < 1.29 is 9.53 Å². The highest BCUT2D eigenvalue weighted by Gasteiger charge is 2.03. The van der Waals surface area contributed by atoms with E-state index in [1.54, 1.807) is 0 Å². The summed E-state index contributed by atoms with van der Waals surface area (Å²) in [5.74, 6) is -0.336. The Balaban J connectivity index is 3.35. The van der Waals surface area contributed by atoms with Crippen LogP contribution in [0.5, 0.6) is 0 Å². The molecule has 0 saturated carbocycles. The average Bonchev–Trinajstić information content (AvgIpc) is 2.11. The van der Waals surface area contributed by atoms with Crippen molar-refractivity contribution in [2.24, 2.45) is 0 Å². The summed E-state index contributed by atoms with van der Waals surface area (Å²) in [7, 11) is 4.08. The summed E-state index contributed by atoms with van der Waals surface area (Å²) in [4.78, 5) is 12.8. The molecule has 0 amide bonds. The van der Waals surface area contributed by atoms with Crippen molar-refractivity contribution in [1.29, 1.82) is 0 Å². The van der Waals surface area contributed by atoms with Gasteiger partial charge in [-0.1, -0.05) is 6.58 Å². The number of rotatable bonds is 6. The van der Waals surface area contributed by atoms with Crippen LogP contribution in [0.1, 0.15) is 19.8 Å². The van der Waals surface area contributed by atoms with Gasteiger partial charge in [0.25, 0.3) is 0 Å². The molecule has 0 fully saturated rings. The van der Waals surface area contributed by atoms with Gasteiger partial charge in [-0.15, -0.1) is 0 Å². The van der Waals surface area contributed by atoms with Crippen molar-refractivity contribution >= 4 is 5.97 Å². The van der Waals surface area contributed by atoms with Crippen LogP contribution in [0.15, 0.2) is 12.7 Å². The number of carbonyl (C=O) groups is 1. The van der Waals surface area contributed by atoms with E-state index in [0.29, 0.717) is 12.6 Å². The summed E-state index contributed by atoms with van der Waals surface area (Å²) in [6.07, 6.45) is 3.13. The molecule has 0 radical (unpaired) electrons. The van der Waals surface area contributed by atoms with Crippen molar-refractivity contribution in [2.75, 3.05) is 20.7 Å². The quantitative estimate of drug-likeness (QED) is 0.356. The number of hydrogen-bond acceptors (Lipinski definition) is 3. The van der Waals surface area contributed by atoms with E-state index < -0.39 is 0 Å². The zero-order valence-electron chi connectivity index (χ0n) is 8.75. The SMILES string of the molecule is C=CC(=O)OCCCC(C)N(C)C. The molecule has 0 aliphatic rings. The Hall–Kier alpha value is -0.830. The largest absolute Gasteiger partial charge is 0.463 e. The summed E-state index contributed by atoms with van der Waals surface area (Å²) in [6, 6.07) is 0.530. The highest BCUT2D eigenvalue weighted by Crippen LogP contribution is 2.02. The fourth-order valence-corrected chi connectivity index (χ4v) is 0.869. The molecule has 0 aliphatic carbocycles. The third kappa shape index (κ3) is 6.34. The predicted octanol–water partition coefficient (Wildman–Crippen LogP) is 1.45. The molecule has 0 bridgehead atoms. The van der Waals surface area contributed by atoms with Gasteiger partial charge in [-0.25, -0.2) is 4.79 Å². The molecule has 0 heterocycles. The van der Waals surface area contributed by atoms with Crippen molar-refractivity contribution in [3.63, 3.8) is 0 Å². The molecule has 76 valence electrons. The highest BCUT2D eigenvalue weighted by molar-refractivity contribution is 5.81. The highest BCUT2D eigenvalue weighted by atomic mass is 16.5. The second kappa shape index (κ2) is 6.66. The lowest BCUT2D eigenvalue weighted by Crippen LogP contribution is -2.24. The van der Waals surface area contributed by atoms with Crippen molar-refractivity contribution in [2.45, 2.75) is 25.8 Å². The lowest BCUT2D eigenvalue weighted by Gasteiger charge is -2.19. The molecule has 1 unspecified atom stereocenters. The first-order valence-corrected chi connectivity index (χ1v) is 4.53. The zero-order valence-corrected chi connectivity index (χ0v) is 8.75. The Morgan fingerprint density at radius 2 is 2.23 bits per heavy atom. The molecule has 0 aromatic carbocycles. The first-order valence-electron chi connectivity index (χ1n) is 4.53. The Bertz CT molecular complexity index is 166. The van der Waals surface area contributed by atoms with E-state index in [1.807, 2.05) is 14.1 Å². The fourth-order valence-electron chi connectivity index (χ4n) is 0.869. The van der Waals surface area contributed by atoms with E-state index >= 15 is 0 Å². The molecule has 0 N–H and O–H groups in total. The van der Waals surface area contributed by atoms with Crippen LogP contribution >= 0.6 is 0 Å². The van der Waals surface area contributed by atoms with E-state index in [2.05, 4.69) is 18.4 Å². The first kappa shape index (κ1) is 12.2. The zero-order chi connectivity index (χ0) is 10.3. The van der Waals surface area contributed by atoms with Gasteiger partial charge in [0.05, 0.1) is 6.61 Å². The normalized spacial score (nSPS) is 12.6. The first-order chi connectivity index (χ1) is 6.07. The summed E-state index contributed by atoms with van der Waals surface area (Å²) < 4.78 is 4.85. The number of esters is 1. The smallest absolute Gasteiger partial charge is 0.330 e. The third-order valence-corrected chi connectivity index (χ3v) is 2.06. The van der Waals surface area contributed by atoms with Gasteiger partial charge < -0.3 is 9.64 Å². The van der Waals surface area contributed by atoms with E-state index in [1.165, 1.54) is 6.08 Å². The molecule has 0 aromatic rings. The molecular formula is C10H19NO2. The summed E-state index contributed by atoms with van der Waals surface area (Å²) in [5, 5.41) is 0. The van der Waals surface area contributed by atoms with Crippen LogP contribution in [0.4, 0.5) is 0 Å². The second-order valence-electron chi connectivity index (χ2n) is 3.33. The number of hydrogen-bond donors (Lipinski definition) is 0. The molecule has 0 saturated heterocycles. The van der Waals surface area contributed by atoms with Gasteiger partial charge in [0.2, 0.25) is 0 Å². The van der Waals surface area contributed by atoms with Crippen molar-refractivity contribution in [1.82, 2.24) is 4.90 Å². The van der Waals surface area contributed by atoms with Gasteiger partial charge in [0.15, 0.2) is 0 Å². The standard InChI is InChI=1S/C10H19NO2/c1-5-10(12)13-8-6-7-9(2)11(3)4/h5,9H,1,6-8H2,2-4H3. The molecular weight excluding hydrogens is 166 g/mol. The minimum Gasteiger partial charge on any atom is -0.463 e. The monoisotopic (exact) mass is 185 g/mol. The van der Waals surface area contributed by atoms with E-state index in [9.17, 15) is 4.79 Å². The van der Waals surface area contributed by atoms with Crippen molar-refractivity contribution in [3.05, 3.63) is 12.7 Å². The van der Waals surface area contributed by atoms with Gasteiger partial charge in [0, 0.05) is 12.1 Å². The van der Waals surface area contributed by atoms with Crippen LogP contribution in [0.25, 0.3) is 0 Å². The van der Waals surface area contributed by atoms with E-state index in [0.717, 1.165) is 12.8 Å². The van der Waals surface area contributed by atoms with Crippen LogP contribution in [0.2, 0.25) is 0 Å². The molecule has 3 nitrogen and oxygen atoms in total. The van der Waals surface area contributed by atoms with Crippen LogP contribution in [0.3, 0.4) is 0 Å². The van der Waals surface area contributed by atoms with Gasteiger partial charge in [-0.05, 0) is 33.9 Å². The third-order valence-electron chi connectivity index (χ3n) is 2.06. The van der Waals surface area contributed by atoms with E-state index in [4.69, 9.17) is 4.74 Å². The van der Waals surface area contributed by atoms with Gasteiger partial charge >= 0.3 is 5.97 Å². The molecule has 1 atom stereocenters. The maximum atomic E-state index is 10.6. The summed E-state index contributed by atoms with van der Waals surface area (Å²) >= 11 is 0. The minimum absolute atomic E-state index is 0.336. The lowest BCUT2D eigenvalue weighted by molar-refractivity contribution is -0.137. The van der Waals surface area contributed by atoms with Crippen LogP contribution in [-0.2, 0) is 9.53 Å². The van der Waals surface area contributed by atoms with Crippen LogP contribution < -0.4 is 0 Å². The predicted molar refractivity (Wildman–Crippen MR) is 53.5 cm³/mol. The molecule has 0 rings (SSSR count). The summed E-state index contributed by atoms with van der Waals surface area (Å²) in [5.41, 5.74) is 0. The van der Waals surface area contributed by atoms with Gasteiger partial charge in [0.1, 0.15) is 0 Å². The van der Waals surface area contributed by atoms with Gasteiger partial charge in [-0.3, -0.25) is 0 Å². The maximum Gasteiger partial charge on any atom is 0.330 e. The molecule has 0 aromatic heterocycles. The maximum absolute atomic E-state index is 10.6. The lowest BCUT2D eigenvalue weighted by atomic mass is 10.2. The minimum atomic E-state index is -0.336. The second-order valence-corrected chi connectivity index (χ2v) is 3.33. The molecule has 3 heteroatoms. The molecule has 13 heavy (non-hydrogen) atoms. The average molecular weight is 185 g/mol. The number of ether oxygens (including phenoxy) is 1. The Kier molecular flexibility index (Phi) is 6.24. The number of carbonyl (C=O) groups excluding carboxylic acids is 1. The molecule has 0 spiro atoms. The fraction of sp³-hybridized carbons (Fsp3) is 0.700. The van der Waals surface area contributed by atoms with Crippen molar-refractivity contribution in [3.8, 4) is 0 Å².